The summed E-state index contributed by atoms with van der Waals surface area (Å²) >= 11 is 18.1. The second-order valence-corrected chi connectivity index (χ2v) is 41.0. The number of ether oxygens (including phenoxy) is 7. The summed E-state index contributed by atoms with van der Waals surface area (Å²) in [5.74, 6) is -2.36. The summed E-state index contributed by atoms with van der Waals surface area (Å²) in [5, 5.41) is 61.8. The molecule has 0 aliphatic carbocycles. The lowest BCUT2D eigenvalue weighted by Crippen LogP contribution is -2.61. The molecule has 0 radical (unpaired) electrons. The van der Waals surface area contributed by atoms with E-state index in [1.54, 1.807) is 103 Å². The lowest BCUT2D eigenvalue weighted by atomic mass is 9.66. The molecule has 0 bridgehead atoms. The Kier molecular flexibility index (Phi) is 40.1. The van der Waals surface area contributed by atoms with Crippen LogP contribution in [-0.2, 0) is 89.2 Å². The molecular formula is C87H130Cl3N9O29P2. The molecule has 8 atom stereocenters. The quantitative estimate of drug-likeness (QED) is 0.00911. The van der Waals surface area contributed by atoms with E-state index in [-0.39, 0.29) is 100 Å². The van der Waals surface area contributed by atoms with Crippen LogP contribution in [0.2, 0.25) is 15.1 Å². The Morgan fingerprint density at radius 2 is 0.723 bits per heavy atom. The molecule has 7 rings (SSSR count). The zero-order valence-electron chi connectivity index (χ0n) is 77.2. The standard InChI is InChI=1S/C33H45ClN3O12P.C27H43ClN3O10P.C27H42ClN3O7/c1-21(2)27(28(39)37-16-15-33(42,31(3,4)19-37)23-9-11-24(34)12-10-23)36-29(40)35-18-32(5,6)48-30(41)47-20-46-26(38)17-22-7-13-25(14-8-22)49-50(43,44)45;1-17(2)21(22(32)31-13-12-27(35,25(4,5)16-31)19-8-10-20(28)11-9-19)30-23(33)29-15-26(6,7)40-24(34)39-14-18(3)41-42(36,37)38;1-17(2)21(30-23(34)29-15-26(6,7)38-24(35)37-14-18(3)32)22(33)31-13-12-27(36,25(4,5)16-31)19-8-10-20(28)11-9-19/h7-14,21,27,42H,15-20H2,1-6H3,(H2,35,36,40)(H2,43,44,45);8-11,17-18,21,35H,12-16H2,1-7H3,(H2,29,30,33)(H2,36,37,38);8-11,17-18,21,32,36H,12-16H2,1-7H3,(H2,29,30,34)/t27-,33+;2*18?,21-,27+/m111/s1. The third kappa shape index (κ3) is 34.3. The number of amides is 9. The van der Waals surface area contributed by atoms with Gasteiger partial charge in [0.2, 0.25) is 24.5 Å². The molecule has 4 aromatic rings. The maximum atomic E-state index is 13.6. The predicted octanol–water partition coefficient (Wildman–Crippen LogP) is 11.2. The third-order valence-corrected chi connectivity index (χ3v) is 23.9. The van der Waals surface area contributed by atoms with Gasteiger partial charge in [-0.05, 0) is 163 Å². The van der Waals surface area contributed by atoms with E-state index in [9.17, 15) is 77.5 Å². The lowest BCUT2D eigenvalue weighted by molar-refractivity contribution is -0.156. The highest BCUT2D eigenvalue weighted by molar-refractivity contribution is 7.46. The van der Waals surface area contributed by atoms with Crippen LogP contribution >= 0.6 is 50.4 Å². The number of piperidine rings is 3. The molecule has 3 saturated heterocycles. The molecule has 2 unspecified atom stereocenters. The Morgan fingerprint density at radius 3 is 0.992 bits per heavy atom. The van der Waals surface area contributed by atoms with Crippen LogP contribution in [0.25, 0.3) is 0 Å². The molecule has 130 heavy (non-hydrogen) atoms. The van der Waals surface area contributed by atoms with Gasteiger partial charge in [-0.3, -0.25) is 33.5 Å². The van der Waals surface area contributed by atoms with Crippen molar-refractivity contribution in [2.24, 2.45) is 34.0 Å². The molecule has 38 nitrogen and oxygen atoms in total. The summed E-state index contributed by atoms with van der Waals surface area (Å²) in [6.07, 6.45) is -4.43. The van der Waals surface area contributed by atoms with Crippen LogP contribution in [0.5, 0.6) is 5.75 Å². The number of phosphoric acid groups is 2. The van der Waals surface area contributed by atoms with Gasteiger partial charge in [-0.15, -0.1) is 0 Å². The number of nitrogens with zero attached hydrogens (tertiary/aromatic N) is 3. The van der Waals surface area contributed by atoms with Gasteiger partial charge in [0.05, 0.1) is 49.0 Å². The van der Waals surface area contributed by atoms with Crippen molar-refractivity contribution < 1.29 is 139 Å². The molecule has 9 amide bonds. The van der Waals surface area contributed by atoms with Crippen LogP contribution in [0.1, 0.15) is 180 Å². The SMILES string of the molecule is CC(C)[C@@H](NC(=O)NCC(C)(C)OC(=O)OCOC(=O)Cc1ccc(OP(=O)(O)O)cc1)C(=O)N1CC[C@](O)(c2ccc(Cl)cc2)C(C)(C)C1.CC(COC(=O)OC(C)(C)CNC(=O)N[C@@H](C(=O)N1CC[C@](O)(c2ccc(Cl)cc2)C(C)(C)C1)C(C)C)OP(=O)(O)O.CC(O)COC(=O)OC(C)(C)CNC(=O)N[C@@H](C(=O)N1CC[C@](O)(c2ccc(Cl)cc2)C(C)(C)C1)C(C)C. The summed E-state index contributed by atoms with van der Waals surface area (Å²) in [6, 6.07) is 22.1. The second kappa shape index (κ2) is 46.7. The van der Waals surface area contributed by atoms with Gasteiger partial charge in [-0.25, -0.2) is 37.9 Å². The van der Waals surface area contributed by atoms with Crippen molar-refractivity contribution in [2.45, 2.75) is 228 Å². The van der Waals surface area contributed by atoms with Crippen LogP contribution in [0, 0.1) is 34.0 Å². The molecule has 3 heterocycles. The first-order valence-corrected chi connectivity index (χ1v) is 46.4. The van der Waals surface area contributed by atoms with E-state index in [2.05, 4.69) is 40.9 Å². The molecule has 14 N–H and O–H groups in total. The van der Waals surface area contributed by atoms with Crippen molar-refractivity contribution in [3.8, 4) is 5.75 Å². The van der Waals surface area contributed by atoms with Crippen LogP contribution in [-0.4, -0.2) is 241 Å². The minimum atomic E-state index is -4.74. The van der Waals surface area contributed by atoms with Crippen molar-refractivity contribution in [2.75, 3.05) is 78.9 Å². The van der Waals surface area contributed by atoms with Gasteiger partial charge in [0.1, 0.15) is 60.0 Å². The number of likely N-dealkylation sites (tertiary alicyclic amines) is 3. The molecule has 0 spiro atoms. The molecule has 4 aromatic carbocycles. The fourth-order valence-electron chi connectivity index (χ4n) is 14.6. The molecule has 0 aromatic heterocycles. The van der Waals surface area contributed by atoms with Gasteiger partial charge in [-0.1, -0.05) is 166 Å². The smallest absolute Gasteiger partial charge is 0.432 e. The van der Waals surface area contributed by atoms with Gasteiger partial charge < -0.3 is 114 Å². The molecule has 0 saturated carbocycles. The molecule has 3 aliphatic heterocycles. The van der Waals surface area contributed by atoms with Crippen molar-refractivity contribution in [1.82, 2.24) is 46.6 Å². The van der Waals surface area contributed by atoms with E-state index in [0.29, 0.717) is 58.5 Å². The van der Waals surface area contributed by atoms with Crippen LogP contribution in [0.15, 0.2) is 97.1 Å². The van der Waals surface area contributed by atoms with Gasteiger partial charge in [0.15, 0.2) is 0 Å². The first kappa shape index (κ1) is 112. The number of hydrogen-bond acceptors (Lipinski definition) is 25. The fraction of sp³-hybridized carbons (Fsp3) is 0.609. The van der Waals surface area contributed by atoms with E-state index in [1.807, 2.05) is 81.4 Å². The van der Waals surface area contributed by atoms with Crippen LogP contribution in [0.3, 0.4) is 0 Å². The number of carbonyl (C=O) groups excluding carboxylic acids is 10. The van der Waals surface area contributed by atoms with E-state index >= 15 is 0 Å². The van der Waals surface area contributed by atoms with Crippen molar-refractivity contribution in [3.05, 3.63) is 134 Å². The fourth-order valence-corrected chi connectivity index (χ4v) is 15.9. The Morgan fingerprint density at radius 1 is 0.431 bits per heavy atom. The summed E-state index contributed by atoms with van der Waals surface area (Å²) < 4.78 is 65.5. The average molecular weight is 1930 g/mol. The maximum absolute atomic E-state index is 13.6. The van der Waals surface area contributed by atoms with Crippen LogP contribution in [0.4, 0.5) is 28.8 Å². The predicted molar refractivity (Wildman–Crippen MR) is 479 cm³/mol. The highest BCUT2D eigenvalue weighted by atomic mass is 35.5. The Bertz CT molecular complexity index is 4590. The van der Waals surface area contributed by atoms with E-state index in [0.717, 1.165) is 11.1 Å². The zero-order valence-corrected chi connectivity index (χ0v) is 81.2. The normalized spacial score (nSPS) is 19.7. The number of esters is 1. The van der Waals surface area contributed by atoms with Gasteiger partial charge in [0.25, 0.3) is 0 Å². The number of benzene rings is 4. The van der Waals surface area contributed by atoms with Gasteiger partial charge in [0, 0.05) is 70.6 Å². The maximum Gasteiger partial charge on any atom is 0.524 e. The molecule has 3 aliphatic rings. The second-order valence-electron chi connectivity index (χ2n) is 37.3. The highest BCUT2D eigenvalue weighted by Gasteiger charge is 2.54. The van der Waals surface area contributed by atoms with Gasteiger partial charge >= 0.3 is 58.2 Å². The average Bonchev–Trinajstić information content (AvgIpc) is 0.758. The number of aliphatic hydroxyl groups is 4. The first-order valence-electron chi connectivity index (χ1n) is 42.2. The summed E-state index contributed by atoms with van der Waals surface area (Å²) in [4.78, 5) is 167. The molecule has 43 heteroatoms. The highest BCUT2D eigenvalue weighted by Crippen LogP contribution is 2.50. The van der Waals surface area contributed by atoms with Crippen molar-refractivity contribution in [1.29, 1.82) is 0 Å². The largest absolute Gasteiger partial charge is 0.524 e. The zero-order chi connectivity index (χ0) is 98.5. The molecule has 728 valence electrons. The lowest BCUT2D eigenvalue weighted by Gasteiger charge is -2.51. The Hall–Kier alpha value is -8.85. The summed E-state index contributed by atoms with van der Waals surface area (Å²) in [6.45, 7) is 34.3. The Balaban J connectivity index is 0.000000349. The number of hydrogen-bond donors (Lipinski definition) is 14. The minimum absolute atomic E-state index is 0.0352. The molecule has 3 fully saturated rings. The van der Waals surface area contributed by atoms with Crippen LogP contribution < -0.4 is 36.4 Å². The number of rotatable bonds is 33. The number of phosphoric ester groups is 2. The number of carbonyl (C=O) groups is 10. The van der Waals surface area contributed by atoms with Crippen molar-refractivity contribution in [3.63, 3.8) is 0 Å². The van der Waals surface area contributed by atoms with E-state index < -0.39 is 152 Å². The summed E-state index contributed by atoms with van der Waals surface area (Å²) in [7, 11) is -9.45. The third-order valence-electron chi connectivity index (χ3n) is 22.1. The van der Waals surface area contributed by atoms with E-state index in [4.69, 9.17) is 87.5 Å². The monoisotopic (exact) mass is 1930 g/mol. The topological polar surface area (TPSA) is 532 Å². The number of urea groups is 3. The number of nitrogens with one attached hydrogen (secondary N) is 6. The van der Waals surface area contributed by atoms with Crippen molar-refractivity contribution >= 4 is 111 Å². The molecular weight excluding hydrogens is 1800 g/mol. The Labute approximate surface area is 773 Å². The van der Waals surface area contributed by atoms with Gasteiger partial charge in [-0.2, -0.15) is 0 Å². The number of halogens is 3. The summed E-state index contributed by atoms with van der Waals surface area (Å²) in [5.41, 5.74) is -6.53. The first-order chi connectivity index (χ1) is 59.7. The number of aliphatic hydroxyl groups excluding tert-OH is 1. The van der Waals surface area contributed by atoms with E-state index in [1.165, 1.54) is 65.8 Å². The minimum Gasteiger partial charge on any atom is -0.432 e.